The molecule has 2 fully saturated rings. The van der Waals surface area contributed by atoms with Gasteiger partial charge in [0.15, 0.2) is 5.79 Å². The smallest absolute Gasteiger partial charge is 0.328 e. The van der Waals surface area contributed by atoms with Gasteiger partial charge in [0, 0.05) is 38.0 Å². The minimum Gasteiger partial charge on any atom is -0.478 e. The Morgan fingerprint density at radius 3 is 2.37 bits per heavy atom. The molecule has 0 unspecified atom stereocenters. The van der Waals surface area contributed by atoms with E-state index in [1.807, 2.05) is 19.1 Å². The van der Waals surface area contributed by atoms with E-state index < -0.39 is 29.4 Å². The molecule has 2 heterocycles. The summed E-state index contributed by atoms with van der Waals surface area (Å²) in [6.07, 6.45) is 18.8. The number of aliphatic hydroxyl groups excluding tert-OH is 1. The highest BCUT2D eigenvalue weighted by Gasteiger charge is 2.55. The maximum absolute atomic E-state index is 11.1. The van der Waals surface area contributed by atoms with Crippen molar-refractivity contribution in [1.29, 1.82) is 0 Å². The zero-order valence-corrected chi connectivity index (χ0v) is 25.5. The third kappa shape index (κ3) is 10.7. The van der Waals surface area contributed by atoms with Gasteiger partial charge >= 0.3 is 11.9 Å². The predicted octanol–water partition coefficient (Wildman–Crippen LogP) is 6.37. The van der Waals surface area contributed by atoms with Crippen molar-refractivity contribution in [1.82, 2.24) is 0 Å². The van der Waals surface area contributed by atoms with Crippen LogP contribution >= 0.6 is 0 Å². The molecule has 0 bridgehead atoms. The maximum Gasteiger partial charge on any atom is 0.328 e. The molecule has 2 rings (SSSR count). The van der Waals surface area contributed by atoms with Gasteiger partial charge in [-0.05, 0) is 51.0 Å². The van der Waals surface area contributed by atoms with Crippen molar-refractivity contribution in [3.63, 3.8) is 0 Å². The van der Waals surface area contributed by atoms with Gasteiger partial charge in [0.1, 0.15) is 11.7 Å². The minimum atomic E-state index is -1.03. The van der Waals surface area contributed by atoms with E-state index in [-0.39, 0.29) is 18.1 Å². The van der Waals surface area contributed by atoms with Gasteiger partial charge in [-0.15, -0.1) is 0 Å². The number of ether oxygens (including phenoxy) is 3. The first-order valence-corrected chi connectivity index (χ1v) is 14.8. The van der Waals surface area contributed by atoms with Gasteiger partial charge < -0.3 is 29.5 Å². The second-order valence-electron chi connectivity index (χ2n) is 11.7. The third-order valence-electron chi connectivity index (χ3n) is 8.22. The standard InChI is InChI=1S/C33H50O8/c1-7-8-18-32(29(39-6)15-11-24(3)22-31(37)38)20-21-33(41-32)19-17-26(5)28(40-33)14-10-23(2)9-13-27(34)25(4)12-16-30(35)36/h9-13,15-16,22,25-29,34H,7-8,14,17-21H2,1-6H3,(H,35,36)(H,37,38)/b13-9+,15-11+,16-12+,23-10+,24-22+/t25-,26-,27-,28+,29-,32+,33-/m0/s1. The lowest BCUT2D eigenvalue weighted by Crippen LogP contribution is -2.49. The van der Waals surface area contributed by atoms with Gasteiger partial charge in [0.2, 0.25) is 0 Å². The highest BCUT2D eigenvalue weighted by Crippen LogP contribution is 2.50. The molecule has 230 valence electrons. The van der Waals surface area contributed by atoms with Crippen molar-refractivity contribution in [2.75, 3.05) is 7.11 Å². The summed E-state index contributed by atoms with van der Waals surface area (Å²) in [5.41, 5.74) is 1.08. The summed E-state index contributed by atoms with van der Waals surface area (Å²) in [4.78, 5) is 21.8. The molecule has 8 nitrogen and oxygen atoms in total. The zero-order chi connectivity index (χ0) is 30.6. The maximum atomic E-state index is 11.1. The van der Waals surface area contributed by atoms with Gasteiger partial charge in [-0.25, -0.2) is 9.59 Å². The molecule has 0 saturated carbocycles. The Labute approximate surface area is 245 Å². The molecule has 2 aliphatic heterocycles. The molecule has 0 amide bonds. The highest BCUT2D eigenvalue weighted by atomic mass is 16.7. The lowest BCUT2D eigenvalue weighted by molar-refractivity contribution is -0.308. The van der Waals surface area contributed by atoms with E-state index in [4.69, 9.17) is 24.4 Å². The van der Waals surface area contributed by atoms with Crippen LogP contribution in [-0.2, 0) is 23.8 Å². The number of unbranched alkanes of at least 4 members (excludes halogenated alkanes) is 1. The first-order valence-electron chi connectivity index (χ1n) is 14.8. The SMILES string of the molecule is CCCC[C@]1([C@H](/C=C/C(C)=C/C(=O)O)OC)CC[C@]2(CC[C@H](C)[C@@H](C/C=C(C)/C=C/[C@H](O)[C@@H](C)/C=C/C(=O)O)O2)O1. The Hall–Kier alpha value is -2.52. The number of carboxylic acids is 2. The van der Waals surface area contributed by atoms with Crippen molar-refractivity contribution < 1.29 is 39.1 Å². The summed E-state index contributed by atoms with van der Waals surface area (Å²) in [5.74, 6) is -2.65. The summed E-state index contributed by atoms with van der Waals surface area (Å²) in [5, 5.41) is 28.2. The molecule has 0 aromatic heterocycles. The second-order valence-corrected chi connectivity index (χ2v) is 11.7. The number of allylic oxidation sites excluding steroid dienone is 4. The average Bonchev–Trinajstić information content (AvgIpc) is 3.28. The van der Waals surface area contributed by atoms with Crippen LogP contribution in [0.2, 0.25) is 0 Å². The van der Waals surface area contributed by atoms with Gasteiger partial charge in [0.05, 0.1) is 12.2 Å². The summed E-state index contributed by atoms with van der Waals surface area (Å²) >= 11 is 0. The van der Waals surface area contributed by atoms with E-state index in [0.29, 0.717) is 17.9 Å². The number of aliphatic carboxylic acids is 2. The van der Waals surface area contributed by atoms with E-state index >= 15 is 0 Å². The molecule has 1 spiro atoms. The van der Waals surface area contributed by atoms with Crippen molar-refractivity contribution in [2.45, 2.75) is 116 Å². The number of carboxylic acid groups (broad SMARTS) is 2. The topological polar surface area (TPSA) is 123 Å². The van der Waals surface area contributed by atoms with Crippen LogP contribution in [0.5, 0.6) is 0 Å². The molecule has 2 saturated heterocycles. The van der Waals surface area contributed by atoms with E-state index in [0.717, 1.165) is 56.6 Å². The lowest BCUT2D eigenvalue weighted by Gasteiger charge is -2.44. The summed E-state index contributed by atoms with van der Waals surface area (Å²) in [6.45, 7) is 9.85. The Balaban J connectivity index is 2.15. The molecule has 3 N–H and O–H groups in total. The van der Waals surface area contributed by atoms with E-state index in [9.17, 15) is 14.7 Å². The van der Waals surface area contributed by atoms with Crippen molar-refractivity contribution >= 4 is 11.9 Å². The minimum absolute atomic E-state index is 0.0197. The monoisotopic (exact) mass is 574 g/mol. The Kier molecular flexibility index (Phi) is 13.7. The average molecular weight is 575 g/mol. The van der Waals surface area contributed by atoms with Gasteiger partial charge in [-0.1, -0.05) is 75.6 Å². The molecular weight excluding hydrogens is 524 g/mol. The summed E-state index contributed by atoms with van der Waals surface area (Å²) in [7, 11) is 1.67. The number of hydrogen-bond donors (Lipinski definition) is 3. The highest BCUT2D eigenvalue weighted by molar-refractivity contribution is 5.81. The van der Waals surface area contributed by atoms with E-state index in [2.05, 4.69) is 19.9 Å². The number of methoxy groups -OCH3 is 1. The normalized spacial score (nSPS) is 30.0. The fraction of sp³-hybridized carbons (Fsp3) is 0.636. The zero-order valence-electron chi connectivity index (χ0n) is 25.5. The van der Waals surface area contributed by atoms with E-state index in [1.54, 1.807) is 33.1 Å². The fourth-order valence-corrected chi connectivity index (χ4v) is 5.59. The summed E-state index contributed by atoms with van der Waals surface area (Å²) < 4.78 is 19.6. The van der Waals surface area contributed by atoms with Gasteiger partial charge in [-0.3, -0.25) is 0 Å². The van der Waals surface area contributed by atoms with Crippen LogP contribution < -0.4 is 0 Å². The Bertz CT molecular complexity index is 1020. The number of carbonyl (C=O) groups is 2. The lowest BCUT2D eigenvalue weighted by atomic mass is 9.85. The van der Waals surface area contributed by atoms with Crippen molar-refractivity contribution in [3.05, 3.63) is 59.8 Å². The first kappa shape index (κ1) is 34.7. The quantitative estimate of drug-likeness (QED) is 0.152. The number of rotatable bonds is 15. The number of aliphatic hydroxyl groups is 1. The second kappa shape index (κ2) is 16.2. The molecule has 41 heavy (non-hydrogen) atoms. The summed E-state index contributed by atoms with van der Waals surface area (Å²) in [6, 6.07) is 0. The van der Waals surface area contributed by atoms with Gasteiger partial charge in [-0.2, -0.15) is 0 Å². The fourth-order valence-electron chi connectivity index (χ4n) is 5.59. The van der Waals surface area contributed by atoms with Crippen LogP contribution in [0, 0.1) is 11.8 Å². The largest absolute Gasteiger partial charge is 0.478 e. The first-order chi connectivity index (χ1) is 19.3. The van der Waals surface area contributed by atoms with Crippen LogP contribution in [0.15, 0.2) is 59.8 Å². The van der Waals surface area contributed by atoms with Crippen LogP contribution in [-0.4, -0.2) is 64.1 Å². The number of hydrogen-bond acceptors (Lipinski definition) is 6. The molecular formula is C33H50O8. The molecule has 0 radical (unpaired) electrons. The molecule has 2 aliphatic rings. The molecule has 7 atom stereocenters. The van der Waals surface area contributed by atoms with Crippen LogP contribution in [0.1, 0.15) is 86.0 Å². The van der Waals surface area contributed by atoms with Crippen LogP contribution in [0.25, 0.3) is 0 Å². The third-order valence-corrected chi connectivity index (χ3v) is 8.22. The van der Waals surface area contributed by atoms with Gasteiger partial charge in [0.25, 0.3) is 0 Å². The van der Waals surface area contributed by atoms with Crippen molar-refractivity contribution in [2.24, 2.45) is 11.8 Å². The van der Waals surface area contributed by atoms with Crippen LogP contribution in [0.4, 0.5) is 0 Å². The predicted molar refractivity (Wildman–Crippen MR) is 159 cm³/mol. The molecule has 0 aliphatic carbocycles. The van der Waals surface area contributed by atoms with E-state index in [1.165, 1.54) is 12.2 Å². The molecule has 0 aromatic carbocycles. The Morgan fingerprint density at radius 2 is 1.73 bits per heavy atom. The van der Waals surface area contributed by atoms with Crippen molar-refractivity contribution in [3.8, 4) is 0 Å². The Morgan fingerprint density at radius 1 is 1.02 bits per heavy atom. The molecule has 8 heteroatoms. The van der Waals surface area contributed by atoms with Crippen LogP contribution in [0.3, 0.4) is 0 Å². The molecule has 0 aromatic rings.